The lowest BCUT2D eigenvalue weighted by Crippen LogP contribution is -2.59. The maximum absolute atomic E-state index is 13.0. The molecule has 1 atom stereocenters. The second-order valence-corrected chi connectivity index (χ2v) is 7.37. The first-order chi connectivity index (χ1) is 14.4. The van der Waals surface area contributed by atoms with Gasteiger partial charge in [-0.3, -0.25) is 14.8 Å². The first-order valence-corrected chi connectivity index (χ1v) is 9.77. The number of fused-ring (bicyclic) bond motifs is 1. The summed E-state index contributed by atoms with van der Waals surface area (Å²) in [6.45, 7) is 4.21. The smallest absolute Gasteiger partial charge is 0.344 e. The third-order valence-electron chi connectivity index (χ3n) is 5.45. The third kappa shape index (κ3) is 3.83. The molecule has 0 radical (unpaired) electrons. The molecule has 0 unspecified atom stereocenters. The lowest BCUT2D eigenvalue weighted by atomic mass is 10.1. The van der Waals surface area contributed by atoms with Crippen molar-refractivity contribution in [3.63, 3.8) is 0 Å². The molecule has 0 aromatic carbocycles. The summed E-state index contributed by atoms with van der Waals surface area (Å²) in [7, 11) is 0. The van der Waals surface area contributed by atoms with Crippen molar-refractivity contribution in [2.24, 2.45) is 5.73 Å². The van der Waals surface area contributed by atoms with Crippen LogP contribution in [0.5, 0.6) is 0 Å². The van der Waals surface area contributed by atoms with Gasteiger partial charge in [0, 0.05) is 45.0 Å². The van der Waals surface area contributed by atoms with E-state index in [4.69, 9.17) is 5.73 Å². The van der Waals surface area contributed by atoms with Gasteiger partial charge in [-0.05, 0) is 24.6 Å². The average molecular weight is 412 g/mol. The van der Waals surface area contributed by atoms with Crippen molar-refractivity contribution in [2.75, 3.05) is 26.2 Å². The third-order valence-corrected chi connectivity index (χ3v) is 5.45. The van der Waals surface area contributed by atoms with Gasteiger partial charge in [-0.15, -0.1) is 0 Å². The molecule has 11 nitrogen and oxygen atoms in total. The number of hydrogen-bond donors (Lipinski definition) is 2. The van der Waals surface area contributed by atoms with Crippen LogP contribution in [0.25, 0.3) is 0 Å². The summed E-state index contributed by atoms with van der Waals surface area (Å²) < 4.78 is 1.61. The molecule has 4 rings (SSSR count). The Bertz CT molecular complexity index is 952. The lowest BCUT2D eigenvalue weighted by Gasteiger charge is -2.39. The molecule has 0 spiro atoms. The van der Waals surface area contributed by atoms with Crippen LogP contribution in [0.4, 0.5) is 9.59 Å². The van der Waals surface area contributed by atoms with E-state index in [1.807, 2.05) is 5.01 Å². The van der Waals surface area contributed by atoms with Crippen LogP contribution in [0.1, 0.15) is 17.1 Å². The van der Waals surface area contributed by atoms with E-state index < -0.39 is 12.1 Å². The highest BCUT2D eigenvalue weighted by Crippen LogP contribution is 2.21. The summed E-state index contributed by atoms with van der Waals surface area (Å²) in [6.07, 6.45) is 5.32. The number of imidazole rings is 1. The molecular weight excluding hydrogens is 388 g/mol. The van der Waals surface area contributed by atoms with Crippen LogP contribution >= 0.6 is 0 Å². The van der Waals surface area contributed by atoms with Gasteiger partial charge in [0.25, 0.3) is 0 Å². The number of hydrogen-bond acceptors (Lipinski definition) is 6. The fraction of sp³-hybridized carbons (Fsp3) is 0.421. The van der Waals surface area contributed by atoms with Crippen LogP contribution in [0, 0.1) is 6.92 Å². The number of nitrogens with two attached hydrogens (primary N) is 1. The fourth-order valence-electron chi connectivity index (χ4n) is 3.93. The van der Waals surface area contributed by atoms with Crippen molar-refractivity contribution in [3.8, 4) is 0 Å². The van der Waals surface area contributed by atoms with E-state index >= 15 is 0 Å². The molecule has 4 heterocycles. The summed E-state index contributed by atoms with van der Waals surface area (Å²) in [6, 6.07) is 1.98. The van der Waals surface area contributed by atoms with E-state index in [2.05, 4.69) is 15.3 Å². The van der Waals surface area contributed by atoms with Gasteiger partial charge in [-0.1, -0.05) is 0 Å². The summed E-state index contributed by atoms with van der Waals surface area (Å²) in [5.41, 5.74) is 7.02. The van der Waals surface area contributed by atoms with Crippen molar-refractivity contribution in [1.82, 2.24) is 34.8 Å². The number of aromatic nitrogens is 3. The second kappa shape index (κ2) is 8.11. The van der Waals surface area contributed by atoms with Crippen LogP contribution in [-0.2, 0) is 17.8 Å². The number of hydrazine groups is 1. The highest BCUT2D eigenvalue weighted by Gasteiger charge is 2.36. The number of rotatable bonds is 5. The summed E-state index contributed by atoms with van der Waals surface area (Å²) in [5.74, 6) is 0.479. The van der Waals surface area contributed by atoms with E-state index in [1.54, 1.807) is 52.1 Å². The van der Waals surface area contributed by atoms with Gasteiger partial charge in [0.2, 0.25) is 5.91 Å². The van der Waals surface area contributed by atoms with E-state index in [-0.39, 0.29) is 11.9 Å². The van der Waals surface area contributed by atoms with Crippen molar-refractivity contribution < 1.29 is 14.4 Å². The molecule has 4 amide bonds. The molecule has 158 valence electrons. The van der Waals surface area contributed by atoms with Crippen molar-refractivity contribution >= 4 is 18.0 Å². The van der Waals surface area contributed by atoms with E-state index in [9.17, 15) is 14.4 Å². The Labute approximate surface area is 173 Å². The van der Waals surface area contributed by atoms with Gasteiger partial charge in [0.1, 0.15) is 11.9 Å². The SMILES string of the molecule is Cc1ncc2n1C(=O)N(N1CCN(C(=O)[C@@H](Cc3ccncc3)NC(N)=O)CC1)C2. The molecule has 3 N–H and O–H groups in total. The Morgan fingerprint density at radius 2 is 1.90 bits per heavy atom. The second-order valence-electron chi connectivity index (χ2n) is 7.37. The minimum absolute atomic E-state index is 0.120. The number of amides is 4. The van der Waals surface area contributed by atoms with Crippen LogP contribution in [-0.4, -0.2) is 79.6 Å². The largest absolute Gasteiger partial charge is 0.352 e. The molecule has 0 aliphatic carbocycles. The van der Waals surface area contributed by atoms with Gasteiger partial charge in [-0.2, -0.15) is 0 Å². The van der Waals surface area contributed by atoms with Crippen molar-refractivity contribution in [2.45, 2.75) is 25.9 Å². The number of nitrogens with one attached hydrogen (secondary N) is 1. The van der Waals surface area contributed by atoms with Gasteiger partial charge < -0.3 is 16.0 Å². The molecule has 1 fully saturated rings. The zero-order chi connectivity index (χ0) is 21.3. The lowest BCUT2D eigenvalue weighted by molar-refractivity contribution is -0.137. The molecule has 11 heteroatoms. The first kappa shape index (κ1) is 19.8. The van der Waals surface area contributed by atoms with Crippen molar-refractivity contribution in [3.05, 3.63) is 47.8 Å². The monoisotopic (exact) mass is 412 g/mol. The Kier molecular flexibility index (Phi) is 5.36. The number of pyridine rings is 1. The maximum Gasteiger partial charge on any atom is 0.344 e. The van der Waals surface area contributed by atoms with Gasteiger partial charge in [-0.25, -0.2) is 24.1 Å². The highest BCUT2D eigenvalue weighted by molar-refractivity contribution is 5.87. The Hall–Kier alpha value is -3.47. The molecule has 0 bridgehead atoms. The van der Waals surface area contributed by atoms with Crippen LogP contribution in [0.15, 0.2) is 30.7 Å². The summed E-state index contributed by atoms with van der Waals surface area (Å²) >= 11 is 0. The number of nitrogens with zero attached hydrogens (tertiary/aromatic N) is 6. The standard InChI is InChI=1S/C19H24N8O3/c1-13-22-11-15-12-26(19(30)27(13)15)25-8-6-24(7-9-25)17(28)16(23-18(20)29)10-14-2-4-21-5-3-14/h2-5,11,16H,6-10,12H2,1H3,(H3,20,23,29)/t16-/m1/s1. The van der Waals surface area contributed by atoms with Gasteiger partial charge in [0.15, 0.2) is 0 Å². The topological polar surface area (TPSA) is 130 Å². The minimum atomic E-state index is -0.751. The summed E-state index contributed by atoms with van der Waals surface area (Å²) in [4.78, 5) is 47.0. The van der Waals surface area contributed by atoms with E-state index in [0.29, 0.717) is 45.0 Å². The molecule has 2 aliphatic heterocycles. The molecule has 30 heavy (non-hydrogen) atoms. The molecule has 0 saturated carbocycles. The molecule has 2 aromatic rings. The van der Waals surface area contributed by atoms with Gasteiger partial charge in [0.05, 0.1) is 18.4 Å². The van der Waals surface area contributed by atoms with Crippen LogP contribution < -0.4 is 11.1 Å². The normalized spacial score (nSPS) is 17.7. The van der Waals surface area contributed by atoms with Crippen molar-refractivity contribution in [1.29, 1.82) is 0 Å². The van der Waals surface area contributed by atoms with Gasteiger partial charge >= 0.3 is 12.1 Å². The number of carbonyl (C=O) groups excluding carboxylic acids is 3. The number of aryl methyl sites for hydroxylation is 1. The molecule has 1 saturated heterocycles. The van der Waals surface area contributed by atoms with Crippen LogP contribution in [0.3, 0.4) is 0 Å². The Balaban J connectivity index is 1.38. The Morgan fingerprint density at radius 1 is 1.20 bits per heavy atom. The number of carbonyl (C=O) groups is 3. The van der Waals surface area contributed by atoms with E-state index in [1.165, 1.54) is 0 Å². The quantitative estimate of drug-likeness (QED) is 0.694. The number of primary amides is 1. The highest BCUT2D eigenvalue weighted by atomic mass is 16.2. The predicted octanol–water partition coefficient (Wildman–Crippen LogP) is -0.291. The first-order valence-electron chi connectivity index (χ1n) is 9.77. The molecule has 2 aromatic heterocycles. The maximum atomic E-state index is 13.0. The number of urea groups is 1. The number of piperazine rings is 1. The summed E-state index contributed by atoms with van der Waals surface area (Å²) in [5, 5.41) is 6.20. The minimum Gasteiger partial charge on any atom is -0.352 e. The molecular formula is C19H24N8O3. The predicted molar refractivity (Wildman–Crippen MR) is 106 cm³/mol. The average Bonchev–Trinajstić information content (AvgIpc) is 3.27. The fourth-order valence-corrected chi connectivity index (χ4v) is 3.93. The Morgan fingerprint density at radius 3 is 2.53 bits per heavy atom. The van der Waals surface area contributed by atoms with Crippen LogP contribution in [0.2, 0.25) is 0 Å². The zero-order valence-corrected chi connectivity index (χ0v) is 16.7. The van der Waals surface area contributed by atoms with E-state index in [0.717, 1.165) is 11.3 Å². The molecule has 2 aliphatic rings. The zero-order valence-electron chi connectivity index (χ0n) is 16.7.